The number of nitrogens with zero attached hydrogens (tertiary/aromatic N) is 1. The number of carbonyl (C=O) groups is 1. The number of amides is 1. The van der Waals surface area contributed by atoms with Gasteiger partial charge in [-0.05, 0) is 36.4 Å². The molecule has 0 unspecified atom stereocenters. The van der Waals surface area contributed by atoms with Crippen LogP contribution in [0, 0.1) is 17.1 Å². The van der Waals surface area contributed by atoms with Crippen molar-refractivity contribution in [3.05, 3.63) is 59.4 Å². The van der Waals surface area contributed by atoms with E-state index >= 15 is 0 Å². The van der Waals surface area contributed by atoms with Gasteiger partial charge < -0.3 is 15.4 Å². The molecule has 5 nitrogen and oxygen atoms in total. The van der Waals surface area contributed by atoms with Crippen molar-refractivity contribution >= 4 is 17.3 Å². The minimum absolute atomic E-state index is 0.0240. The number of rotatable bonds is 6. The molecule has 0 aromatic heterocycles. The monoisotopic (exact) mass is 313 g/mol. The van der Waals surface area contributed by atoms with Gasteiger partial charge in [0.25, 0.3) is 0 Å². The number of anilines is 2. The third-order valence-corrected chi connectivity index (χ3v) is 3.08. The lowest BCUT2D eigenvalue weighted by Gasteiger charge is -2.10. The van der Waals surface area contributed by atoms with E-state index in [1.807, 2.05) is 6.07 Å². The number of nitrogens with one attached hydrogen (secondary N) is 2. The van der Waals surface area contributed by atoms with E-state index in [4.69, 9.17) is 10.00 Å². The van der Waals surface area contributed by atoms with E-state index in [1.54, 1.807) is 24.3 Å². The summed E-state index contributed by atoms with van der Waals surface area (Å²) in [5, 5.41) is 14.6. The largest absolute Gasteiger partial charge is 0.381 e. The Bertz CT molecular complexity index is 741. The highest BCUT2D eigenvalue weighted by molar-refractivity contribution is 5.92. The fraction of sp³-hybridized carbons (Fsp3) is 0.176. The van der Waals surface area contributed by atoms with Crippen LogP contribution >= 0.6 is 0 Å². The van der Waals surface area contributed by atoms with Gasteiger partial charge in [0.15, 0.2) is 0 Å². The number of nitriles is 1. The minimum Gasteiger partial charge on any atom is -0.381 e. The van der Waals surface area contributed by atoms with Gasteiger partial charge in [-0.15, -0.1) is 0 Å². The van der Waals surface area contributed by atoms with Crippen LogP contribution in [0.5, 0.6) is 0 Å². The SMILES string of the molecule is COCC(=O)Nc1cccc(NCc2cc(C#N)ccc2F)c1. The third-order valence-electron chi connectivity index (χ3n) is 3.08. The van der Waals surface area contributed by atoms with Crippen molar-refractivity contribution < 1.29 is 13.9 Å². The van der Waals surface area contributed by atoms with Crippen molar-refractivity contribution in [1.82, 2.24) is 0 Å². The van der Waals surface area contributed by atoms with E-state index in [-0.39, 0.29) is 24.9 Å². The van der Waals surface area contributed by atoms with Gasteiger partial charge in [0.2, 0.25) is 5.91 Å². The summed E-state index contributed by atoms with van der Waals surface area (Å²) in [6.45, 7) is 0.209. The molecule has 0 bridgehead atoms. The Kier molecular flexibility index (Phi) is 5.67. The standard InChI is InChI=1S/C17H16FN3O2/c1-23-11-17(22)21-15-4-2-3-14(8-15)20-10-13-7-12(9-19)5-6-16(13)18/h2-8,20H,10-11H2,1H3,(H,21,22). The average Bonchev–Trinajstić information content (AvgIpc) is 2.54. The van der Waals surface area contributed by atoms with Crippen LogP contribution in [0.25, 0.3) is 0 Å². The predicted molar refractivity (Wildman–Crippen MR) is 85.4 cm³/mol. The molecule has 2 rings (SSSR count). The van der Waals surface area contributed by atoms with Gasteiger partial charge in [0.05, 0.1) is 11.6 Å². The molecule has 0 radical (unpaired) electrons. The first-order valence-corrected chi connectivity index (χ1v) is 6.93. The van der Waals surface area contributed by atoms with Crippen molar-refractivity contribution in [2.24, 2.45) is 0 Å². The fourth-order valence-electron chi connectivity index (χ4n) is 2.01. The topological polar surface area (TPSA) is 74.2 Å². The zero-order chi connectivity index (χ0) is 16.7. The van der Waals surface area contributed by atoms with Crippen LogP contribution in [0.3, 0.4) is 0 Å². The summed E-state index contributed by atoms with van der Waals surface area (Å²) >= 11 is 0. The highest BCUT2D eigenvalue weighted by Gasteiger charge is 2.05. The molecule has 0 aliphatic carbocycles. The maximum absolute atomic E-state index is 13.7. The zero-order valence-electron chi connectivity index (χ0n) is 12.6. The molecule has 0 heterocycles. The number of hydrogen-bond donors (Lipinski definition) is 2. The Balaban J connectivity index is 2.04. The van der Waals surface area contributed by atoms with Crippen LogP contribution in [-0.4, -0.2) is 19.6 Å². The van der Waals surface area contributed by atoms with E-state index in [0.717, 1.165) is 5.69 Å². The van der Waals surface area contributed by atoms with Gasteiger partial charge in [-0.1, -0.05) is 6.07 Å². The highest BCUT2D eigenvalue weighted by Crippen LogP contribution is 2.17. The van der Waals surface area contributed by atoms with Gasteiger partial charge in [-0.2, -0.15) is 5.26 Å². The van der Waals surface area contributed by atoms with Crippen LogP contribution in [0.1, 0.15) is 11.1 Å². The quantitative estimate of drug-likeness (QED) is 0.860. The lowest BCUT2D eigenvalue weighted by molar-refractivity contribution is -0.119. The lowest BCUT2D eigenvalue weighted by Crippen LogP contribution is -2.17. The van der Waals surface area contributed by atoms with Crippen LogP contribution in [0.4, 0.5) is 15.8 Å². The summed E-state index contributed by atoms with van der Waals surface area (Å²) in [5.74, 6) is -0.626. The molecule has 0 aliphatic rings. The normalized spacial score (nSPS) is 9.96. The molecule has 0 fully saturated rings. The Morgan fingerprint density at radius 2 is 2.04 bits per heavy atom. The second-order valence-corrected chi connectivity index (χ2v) is 4.83. The van der Waals surface area contributed by atoms with E-state index in [9.17, 15) is 9.18 Å². The molecule has 23 heavy (non-hydrogen) atoms. The molecular formula is C17H16FN3O2. The number of halogens is 1. The lowest BCUT2D eigenvalue weighted by atomic mass is 10.1. The highest BCUT2D eigenvalue weighted by atomic mass is 19.1. The Labute approximate surface area is 133 Å². The molecule has 0 atom stereocenters. The second-order valence-electron chi connectivity index (χ2n) is 4.83. The summed E-state index contributed by atoms with van der Waals surface area (Å²) in [7, 11) is 1.45. The average molecular weight is 313 g/mol. The van der Waals surface area contributed by atoms with E-state index < -0.39 is 0 Å². The summed E-state index contributed by atoms with van der Waals surface area (Å²) in [5.41, 5.74) is 2.15. The number of methoxy groups -OCH3 is 1. The first-order valence-electron chi connectivity index (χ1n) is 6.93. The van der Waals surface area contributed by atoms with Crippen molar-refractivity contribution in [2.45, 2.75) is 6.54 Å². The van der Waals surface area contributed by atoms with Crippen LogP contribution in [0.15, 0.2) is 42.5 Å². The number of benzene rings is 2. The molecule has 2 aromatic rings. The first-order chi connectivity index (χ1) is 11.1. The molecule has 0 saturated heterocycles. The molecule has 2 aromatic carbocycles. The van der Waals surface area contributed by atoms with E-state index in [1.165, 1.54) is 25.3 Å². The first kappa shape index (κ1) is 16.5. The number of ether oxygens (including phenoxy) is 1. The zero-order valence-corrected chi connectivity index (χ0v) is 12.6. The minimum atomic E-state index is -0.374. The Hall–Kier alpha value is -2.91. The molecule has 6 heteroatoms. The van der Waals surface area contributed by atoms with Crippen molar-refractivity contribution in [3.63, 3.8) is 0 Å². The molecule has 118 valence electrons. The van der Waals surface area contributed by atoms with Gasteiger partial charge in [-0.3, -0.25) is 4.79 Å². The summed E-state index contributed by atoms with van der Waals surface area (Å²) in [6, 6.07) is 13.3. The van der Waals surface area contributed by atoms with Crippen LogP contribution < -0.4 is 10.6 Å². The number of hydrogen-bond acceptors (Lipinski definition) is 4. The Morgan fingerprint density at radius 1 is 1.26 bits per heavy atom. The number of carbonyl (C=O) groups excluding carboxylic acids is 1. The second kappa shape index (κ2) is 7.92. The molecule has 0 aliphatic heterocycles. The molecule has 0 spiro atoms. The molecular weight excluding hydrogens is 297 g/mol. The van der Waals surface area contributed by atoms with Crippen molar-refractivity contribution in [3.8, 4) is 6.07 Å². The predicted octanol–water partition coefficient (Wildman–Crippen LogP) is 2.89. The fourth-order valence-corrected chi connectivity index (χ4v) is 2.01. The van der Waals surface area contributed by atoms with Crippen molar-refractivity contribution in [2.75, 3.05) is 24.4 Å². The summed E-state index contributed by atoms with van der Waals surface area (Å²) in [6.07, 6.45) is 0. The van der Waals surface area contributed by atoms with Crippen LogP contribution in [-0.2, 0) is 16.1 Å². The molecule has 2 N–H and O–H groups in total. The van der Waals surface area contributed by atoms with E-state index in [2.05, 4.69) is 10.6 Å². The Morgan fingerprint density at radius 3 is 2.78 bits per heavy atom. The van der Waals surface area contributed by atoms with Gasteiger partial charge in [0.1, 0.15) is 12.4 Å². The van der Waals surface area contributed by atoms with Gasteiger partial charge in [0, 0.05) is 30.6 Å². The molecule has 0 saturated carbocycles. The smallest absolute Gasteiger partial charge is 0.250 e. The third kappa shape index (κ3) is 4.80. The van der Waals surface area contributed by atoms with Gasteiger partial charge in [-0.25, -0.2) is 4.39 Å². The maximum atomic E-state index is 13.7. The summed E-state index contributed by atoms with van der Waals surface area (Å²) in [4.78, 5) is 11.5. The maximum Gasteiger partial charge on any atom is 0.250 e. The van der Waals surface area contributed by atoms with E-state index in [0.29, 0.717) is 16.8 Å². The van der Waals surface area contributed by atoms with Gasteiger partial charge >= 0.3 is 0 Å². The molecule has 1 amide bonds. The summed E-state index contributed by atoms with van der Waals surface area (Å²) < 4.78 is 18.5. The van der Waals surface area contributed by atoms with Crippen molar-refractivity contribution in [1.29, 1.82) is 5.26 Å². The van der Waals surface area contributed by atoms with Crippen LogP contribution in [0.2, 0.25) is 0 Å².